The molecule has 0 unspecified atom stereocenters. The molecule has 3 rings (SSSR count). The first-order valence-corrected chi connectivity index (χ1v) is 7.06. The van der Waals surface area contributed by atoms with Gasteiger partial charge in [-0.05, 0) is 17.7 Å². The van der Waals surface area contributed by atoms with Gasteiger partial charge in [0, 0.05) is 16.1 Å². The second kappa shape index (κ2) is 5.88. The molecule has 0 radical (unpaired) electrons. The zero-order valence-electron chi connectivity index (χ0n) is 11.5. The van der Waals surface area contributed by atoms with Crippen molar-refractivity contribution in [2.24, 2.45) is 0 Å². The number of benzene rings is 2. The summed E-state index contributed by atoms with van der Waals surface area (Å²) in [7, 11) is 0. The lowest BCUT2D eigenvalue weighted by Gasteiger charge is -2.11. The first-order chi connectivity index (χ1) is 10.7. The van der Waals surface area contributed by atoms with Crippen LogP contribution in [0.2, 0.25) is 5.02 Å². The van der Waals surface area contributed by atoms with Gasteiger partial charge in [0.2, 0.25) is 0 Å². The van der Waals surface area contributed by atoms with E-state index < -0.39 is 5.56 Å². The van der Waals surface area contributed by atoms with Crippen LogP contribution >= 0.6 is 11.6 Å². The number of halogens is 1. The van der Waals surface area contributed by atoms with Gasteiger partial charge in [-0.1, -0.05) is 60.1 Å². The summed E-state index contributed by atoms with van der Waals surface area (Å²) in [5.74, 6) is 0. The largest absolute Gasteiger partial charge is 0.320 e. The van der Waals surface area contributed by atoms with Crippen molar-refractivity contribution in [1.29, 1.82) is 5.26 Å². The molecule has 0 saturated carbocycles. The number of nitriles is 1. The highest BCUT2D eigenvalue weighted by atomic mass is 35.5. The first-order valence-electron chi connectivity index (χ1n) is 6.68. The lowest BCUT2D eigenvalue weighted by molar-refractivity contribution is 1.22. The normalized spacial score (nSPS) is 10.2. The van der Waals surface area contributed by atoms with E-state index in [9.17, 15) is 4.79 Å². The van der Waals surface area contributed by atoms with Crippen LogP contribution in [0, 0.1) is 11.3 Å². The van der Waals surface area contributed by atoms with Crippen molar-refractivity contribution in [3.05, 3.63) is 81.6 Å². The molecule has 0 spiro atoms. The zero-order valence-corrected chi connectivity index (χ0v) is 12.3. The summed E-state index contributed by atoms with van der Waals surface area (Å²) in [5, 5.41) is 9.68. The average Bonchev–Trinajstić information content (AvgIpc) is 2.56. The second-order valence-corrected chi connectivity index (χ2v) is 5.17. The molecule has 3 nitrogen and oxygen atoms in total. The lowest BCUT2D eigenvalue weighted by Crippen LogP contribution is -2.12. The SMILES string of the molecule is N#Cc1cc(-c2ccccc2Cl)c(-c2ccccc2)[nH]c1=O. The third-order valence-electron chi connectivity index (χ3n) is 3.39. The molecule has 0 amide bonds. The van der Waals surface area contributed by atoms with E-state index in [4.69, 9.17) is 16.9 Å². The minimum Gasteiger partial charge on any atom is -0.320 e. The number of aromatic nitrogens is 1. The molecule has 0 atom stereocenters. The highest BCUT2D eigenvalue weighted by Gasteiger charge is 2.14. The Kier molecular flexibility index (Phi) is 3.78. The number of pyridine rings is 1. The molecule has 1 heterocycles. The monoisotopic (exact) mass is 306 g/mol. The van der Waals surface area contributed by atoms with E-state index in [0.29, 0.717) is 10.7 Å². The van der Waals surface area contributed by atoms with E-state index in [1.807, 2.05) is 54.6 Å². The maximum absolute atomic E-state index is 12.0. The van der Waals surface area contributed by atoms with Crippen molar-refractivity contribution >= 4 is 11.6 Å². The molecule has 2 aromatic carbocycles. The number of hydrogen-bond donors (Lipinski definition) is 1. The fourth-order valence-corrected chi connectivity index (χ4v) is 2.58. The Bertz CT molecular complexity index is 924. The Morgan fingerprint density at radius 2 is 1.64 bits per heavy atom. The van der Waals surface area contributed by atoms with Gasteiger partial charge in [-0.3, -0.25) is 4.79 Å². The molecule has 0 aliphatic heterocycles. The summed E-state index contributed by atoms with van der Waals surface area (Å²) in [5.41, 5.74) is 2.67. The summed E-state index contributed by atoms with van der Waals surface area (Å²) in [6.45, 7) is 0. The van der Waals surface area contributed by atoms with Gasteiger partial charge >= 0.3 is 0 Å². The van der Waals surface area contributed by atoms with Gasteiger partial charge in [-0.15, -0.1) is 0 Å². The summed E-state index contributed by atoms with van der Waals surface area (Å²) in [6.07, 6.45) is 0. The molecule has 1 N–H and O–H groups in total. The van der Waals surface area contributed by atoms with Crippen LogP contribution in [-0.2, 0) is 0 Å². The van der Waals surface area contributed by atoms with Crippen LogP contribution in [0.15, 0.2) is 65.5 Å². The van der Waals surface area contributed by atoms with Crippen LogP contribution in [0.3, 0.4) is 0 Å². The highest BCUT2D eigenvalue weighted by Crippen LogP contribution is 2.34. The minimum atomic E-state index is -0.405. The van der Waals surface area contributed by atoms with Crippen molar-refractivity contribution in [3.8, 4) is 28.5 Å². The van der Waals surface area contributed by atoms with Crippen molar-refractivity contribution in [1.82, 2.24) is 4.98 Å². The van der Waals surface area contributed by atoms with Gasteiger partial charge < -0.3 is 4.98 Å². The fraction of sp³-hybridized carbons (Fsp3) is 0. The Morgan fingerprint density at radius 1 is 0.955 bits per heavy atom. The molecular formula is C18H11ClN2O. The molecule has 1 aromatic heterocycles. The Labute approximate surface area is 132 Å². The summed E-state index contributed by atoms with van der Waals surface area (Å²) < 4.78 is 0. The quantitative estimate of drug-likeness (QED) is 0.770. The van der Waals surface area contributed by atoms with E-state index in [-0.39, 0.29) is 5.56 Å². The topological polar surface area (TPSA) is 56.6 Å². The molecule has 4 heteroatoms. The molecular weight excluding hydrogens is 296 g/mol. The second-order valence-electron chi connectivity index (χ2n) is 4.76. The molecule has 0 aliphatic rings. The van der Waals surface area contributed by atoms with Crippen LogP contribution in [0.1, 0.15) is 5.56 Å². The Hall–Kier alpha value is -2.83. The van der Waals surface area contributed by atoms with E-state index in [2.05, 4.69) is 4.98 Å². The predicted octanol–water partition coefficient (Wildman–Crippen LogP) is 4.23. The molecule has 0 fully saturated rings. The van der Waals surface area contributed by atoms with E-state index in [0.717, 1.165) is 16.7 Å². The van der Waals surface area contributed by atoms with Gasteiger partial charge in [0.15, 0.2) is 0 Å². The van der Waals surface area contributed by atoms with Crippen molar-refractivity contribution in [2.75, 3.05) is 0 Å². The molecule has 0 bridgehead atoms. The maximum atomic E-state index is 12.0. The van der Waals surface area contributed by atoms with E-state index >= 15 is 0 Å². The number of hydrogen-bond acceptors (Lipinski definition) is 2. The van der Waals surface area contributed by atoms with Gasteiger partial charge in [0.05, 0.1) is 5.69 Å². The smallest absolute Gasteiger partial charge is 0.266 e. The number of aromatic amines is 1. The predicted molar refractivity (Wildman–Crippen MR) is 87.7 cm³/mol. The van der Waals surface area contributed by atoms with Crippen LogP contribution < -0.4 is 5.56 Å². The van der Waals surface area contributed by atoms with Crippen molar-refractivity contribution < 1.29 is 0 Å². The minimum absolute atomic E-state index is 0.0644. The molecule has 0 aliphatic carbocycles. The van der Waals surface area contributed by atoms with Crippen LogP contribution in [0.4, 0.5) is 0 Å². The maximum Gasteiger partial charge on any atom is 0.266 e. The summed E-state index contributed by atoms with van der Waals surface area (Å²) >= 11 is 6.28. The van der Waals surface area contributed by atoms with Gasteiger partial charge in [0.1, 0.15) is 11.6 Å². The standard InChI is InChI=1S/C18H11ClN2O/c19-16-9-5-4-8-14(16)15-10-13(11-20)18(22)21-17(15)12-6-2-1-3-7-12/h1-10H,(H,21,22). The van der Waals surface area contributed by atoms with Crippen molar-refractivity contribution in [3.63, 3.8) is 0 Å². The van der Waals surface area contributed by atoms with E-state index in [1.165, 1.54) is 0 Å². The molecule has 3 aromatic rings. The van der Waals surface area contributed by atoms with Gasteiger partial charge in [0.25, 0.3) is 5.56 Å². The van der Waals surface area contributed by atoms with Crippen LogP contribution in [0.25, 0.3) is 22.4 Å². The average molecular weight is 307 g/mol. The molecule has 22 heavy (non-hydrogen) atoms. The van der Waals surface area contributed by atoms with Crippen molar-refractivity contribution in [2.45, 2.75) is 0 Å². The van der Waals surface area contributed by atoms with Gasteiger partial charge in [-0.2, -0.15) is 5.26 Å². The first kappa shape index (κ1) is 14.1. The van der Waals surface area contributed by atoms with Crippen LogP contribution in [-0.4, -0.2) is 4.98 Å². The van der Waals surface area contributed by atoms with E-state index in [1.54, 1.807) is 12.1 Å². The Balaban J connectivity index is 2.35. The van der Waals surface area contributed by atoms with Gasteiger partial charge in [-0.25, -0.2) is 0 Å². The third-order valence-corrected chi connectivity index (χ3v) is 3.72. The van der Waals surface area contributed by atoms with Crippen LogP contribution in [0.5, 0.6) is 0 Å². The lowest BCUT2D eigenvalue weighted by atomic mass is 9.98. The Morgan fingerprint density at radius 3 is 2.32 bits per heavy atom. The number of nitrogens with zero attached hydrogens (tertiary/aromatic N) is 1. The fourth-order valence-electron chi connectivity index (χ4n) is 2.34. The highest BCUT2D eigenvalue weighted by molar-refractivity contribution is 6.33. The number of nitrogens with one attached hydrogen (secondary N) is 1. The number of H-pyrrole nitrogens is 1. The molecule has 106 valence electrons. The number of rotatable bonds is 2. The molecule has 0 saturated heterocycles. The summed E-state index contributed by atoms with van der Waals surface area (Å²) in [6, 6.07) is 20.3. The third kappa shape index (κ3) is 2.52. The summed E-state index contributed by atoms with van der Waals surface area (Å²) in [4.78, 5) is 14.8. The zero-order chi connectivity index (χ0) is 15.5.